The number of rotatable bonds is 3. The molecule has 3 aromatic carbocycles. The van der Waals surface area contributed by atoms with E-state index in [1.807, 2.05) is 48.5 Å². The van der Waals surface area contributed by atoms with Crippen molar-refractivity contribution in [2.75, 3.05) is 30.0 Å². The molecule has 0 spiro atoms. The predicted octanol–water partition coefficient (Wildman–Crippen LogP) is 3.60. The Morgan fingerprint density at radius 1 is 0.931 bits per heavy atom. The summed E-state index contributed by atoms with van der Waals surface area (Å²) in [6, 6.07) is 19.2. The van der Waals surface area contributed by atoms with Gasteiger partial charge in [0.15, 0.2) is 11.5 Å². The number of ether oxygens (including phenoxy) is 2. The number of hydrogen-bond acceptors (Lipinski definition) is 4. The molecule has 6 heteroatoms. The van der Waals surface area contributed by atoms with Crippen molar-refractivity contribution >= 4 is 34.0 Å². The fraction of sp³-hybridized carbons (Fsp3) is 0.217. The van der Waals surface area contributed by atoms with E-state index >= 15 is 0 Å². The predicted molar refractivity (Wildman–Crippen MR) is 110 cm³/mol. The van der Waals surface area contributed by atoms with Gasteiger partial charge in [-0.25, -0.2) is 0 Å². The number of nitrogens with zero attached hydrogens (tertiary/aromatic N) is 1. The van der Waals surface area contributed by atoms with Crippen molar-refractivity contribution in [2.45, 2.75) is 6.42 Å². The molecule has 1 N–H and O–H groups in total. The Kier molecular flexibility index (Phi) is 4.31. The maximum Gasteiger partial charge on any atom is 0.229 e. The first-order valence-corrected chi connectivity index (χ1v) is 9.67. The molecule has 1 saturated heterocycles. The van der Waals surface area contributed by atoms with Crippen LogP contribution in [0.25, 0.3) is 10.8 Å². The Balaban J connectivity index is 1.31. The standard InChI is InChI=1S/C23H20N2O4/c26-22-12-17(14-25(22)19-7-8-20-21(13-19)29-10-9-28-20)23(27)24-18-6-5-15-3-1-2-4-16(15)11-18/h1-8,11,13,17H,9-10,12,14H2,(H,24,27)/t17-/m0/s1. The average Bonchev–Trinajstić information content (AvgIpc) is 3.15. The summed E-state index contributed by atoms with van der Waals surface area (Å²) in [5, 5.41) is 5.13. The van der Waals surface area contributed by atoms with Gasteiger partial charge in [0, 0.05) is 30.4 Å². The van der Waals surface area contributed by atoms with Gasteiger partial charge < -0.3 is 19.7 Å². The van der Waals surface area contributed by atoms with Gasteiger partial charge in [-0.3, -0.25) is 9.59 Å². The van der Waals surface area contributed by atoms with Crippen molar-refractivity contribution < 1.29 is 19.1 Å². The van der Waals surface area contributed by atoms with Crippen LogP contribution < -0.4 is 19.7 Å². The van der Waals surface area contributed by atoms with Gasteiger partial charge in [-0.15, -0.1) is 0 Å². The van der Waals surface area contributed by atoms with Crippen LogP contribution in [-0.4, -0.2) is 31.6 Å². The van der Waals surface area contributed by atoms with Crippen molar-refractivity contribution in [1.82, 2.24) is 0 Å². The van der Waals surface area contributed by atoms with Crippen LogP contribution in [0.3, 0.4) is 0 Å². The molecule has 6 nitrogen and oxygen atoms in total. The van der Waals surface area contributed by atoms with Crippen LogP contribution in [0.15, 0.2) is 60.7 Å². The monoisotopic (exact) mass is 388 g/mol. The number of carbonyl (C=O) groups is 2. The van der Waals surface area contributed by atoms with E-state index in [2.05, 4.69) is 5.32 Å². The third-order valence-corrected chi connectivity index (χ3v) is 5.35. The molecule has 5 rings (SSSR count). The number of fused-ring (bicyclic) bond motifs is 2. The van der Waals surface area contributed by atoms with E-state index < -0.39 is 5.92 Å². The first kappa shape index (κ1) is 17.6. The van der Waals surface area contributed by atoms with Crippen LogP contribution in [0.5, 0.6) is 11.5 Å². The quantitative estimate of drug-likeness (QED) is 0.744. The van der Waals surface area contributed by atoms with Crippen molar-refractivity contribution in [1.29, 1.82) is 0 Å². The zero-order valence-corrected chi connectivity index (χ0v) is 15.8. The number of carbonyl (C=O) groups excluding carboxylic acids is 2. The summed E-state index contributed by atoms with van der Waals surface area (Å²) in [4.78, 5) is 27.0. The second-order valence-corrected chi connectivity index (χ2v) is 7.28. The zero-order valence-electron chi connectivity index (χ0n) is 15.8. The summed E-state index contributed by atoms with van der Waals surface area (Å²) in [7, 11) is 0. The summed E-state index contributed by atoms with van der Waals surface area (Å²) in [6.45, 7) is 1.35. The van der Waals surface area contributed by atoms with Crippen molar-refractivity contribution in [3.8, 4) is 11.5 Å². The van der Waals surface area contributed by atoms with Crippen molar-refractivity contribution in [2.24, 2.45) is 5.92 Å². The van der Waals surface area contributed by atoms with Crippen LogP contribution in [-0.2, 0) is 9.59 Å². The zero-order chi connectivity index (χ0) is 19.8. The fourth-order valence-corrected chi connectivity index (χ4v) is 3.84. The highest BCUT2D eigenvalue weighted by Crippen LogP contribution is 2.36. The minimum absolute atomic E-state index is 0.0691. The van der Waals surface area contributed by atoms with E-state index in [1.165, 1.54) is 0 Å². The summed E-state index contributed by atoms with van der Waals surface area (Å²) in [5.41, 5.74) is 1.46. The highest BCUT2D eigenvalue weighted by molar-refractivity contribution is 6.04. The smallest absolute Gasteiger partial charge is 0.229 e. The van der Waals surface area contributed by atoms with Crippen LogP contribution >= 0.6 is 0 Å². The molecular weight excluding hydrogens is 368 g/mol. The Morgan fingerprint density at radius 3 is 2.59 bits per heavy atom. The Labute approximate surface area is 168 Å². The number of hydrogen-bond donors (Lipinski definition) is 1. The van der Waals surface area contributed by atoms with Crippen LogP contribution in [0, 0.1) is 5.92 Å². The van der Waals surface area contributed by atoms with Gasteiger partial charge in [0.25, 0.3) is 0 Å². The molecule has 2 aliphatic heterocycles. The topological polar surface area (TPSA) is 67.9 Å². The largest absolute Gasteiger partial charge is 0.486 e. The van der Waals surface area contributed by atoms with Gasteiger partial charge in [0.2, 0.25) is 11.8 Å². The Hall–Kier alpha value is -3.54. The number of nitrogens with one attached hydrogen (secondary N) is 1. The molecule has 0 bridgehead atoms. The molecule has 0 aromatic heterocycles. The molecule has 146 valence electrons. The van der Waals surface area contributed by atoms with E-state index in [0.717, 1.165) is 22.1 Å². The summed E-state index contributed by atoms with van der Waals surface area (Å²) in [5.74, 6) is 0.694. The molecule has 3 aromatic rings. The summed E-state index contributed by atoms with van der Waals surface area (Å²) < 4.78 is 11.1. The maximum atomic E-state index is 12.8. The second-order valence-electron chi connectivity index (χ2n) is 7.28. The van der Waals surface area contributed by atoms with Gasteiger partial charge >= 0.3 is 0 Å². The van der Waals surface area contributed by atoms with E-state index in [4.69, 9.17) is 9.47 Å². The SMILES string of the molecule is O=C(Nc1ccc2ccccc2c1)[C@H]1CC(=O)N(c2ccc3c(c2)OCCO3)C1. The lowest BCUT2D eigenvalue weighted by Gasteiger charge is -2.22. The lowest BCUT2D eigenvalue weighted by atomic mass is 10.1. The van der Waals surface area contributed by atoms with Gasteiger partial charge in [0.1, 0.15) is 13.2 Å². The molecule has 2 amide bonds. The summed E-state index contributed by atoms with van der Waals surface area (Å²) >= 11 is 0. The average molecular weight is 388 g/mol. The molecule has 1 fully saturated rings. The fourth-order valence-electron chi connectivity index (χ4n) is 3.84. The summed E-state index contributed by atoms with van der Waals surface area (Å²) in [6.07, 6.45) is 0.188. The number of anilines is 2. The van der Waals surface area contributed by atoms with E-state index in [0.29, 0.717) is 31.3 Å². The molecule has 2 aliphatic rings. The second kappa shape index (κ2) is 7.13. The molecule has 29 heavy (non-hydrogen) atoms. The molecule has 1 atom stereocenters. The molecule has 2 heterocycles. The first-order chi connectivity index (χ1) is 14.2. The van der Waals surface area contributed by atoms with E-state index in [9.17, 15) is 9.59 Å². The van der Waals surface area contributed by atoms with Gasteiger partial charge in [-0.2, -0.15) is 0 Å². The molecule has 0 aliphatic carbocycles. The van der Waals surface area contributed by atoms with Crippen molar-refractivity contribution in [3.63, 3.8) is 0 Å². The van der Waals surface area contributed by atoms with Gasteiger partial charge in [0.05, 0.1) is 5.92 Å². The third kappa shape index (κ3) is 3.38. The minimum Gasteiger partial charge on any atom is -0.486 e. The molecule has 0 saturated carbocycles. The van der Waals surface area contributed by atoms with Gasteiger partial charge in [-0.05, 0) is 35.0 Å². The highest BCUT2D eigenvalue weighted by Gasteiger charge is 2.35. The first-order valence-electron chi connectivity index (χ1n) is 9.67. The molecule has 0 unspecified atom stereocenters. The normalized spacial score (nSPS) is 18.1. The van der Waals surface area contributed by atoms with Crippen molar-refractivity contribution in [3.05, 3.63) is 60.7 Å². The van der Waals surface area contributed by atoms with Crippen LogP contribution in [0.2, 0.25) is 0 Å². The van der Waals surface area contributed by atoms with E-state index in [-0.39, 0.29) is 18.2 Å². The van der Waals surface area contributed by atoms with Crippen LogP contribution in [0.4, 0.5) is 11.4 Å². The Bertz CT molecular complexity index is 1110. The third-order valence-electron chi connectivity index (χ3n) is 5.35. The maximum absolute atomic E-state index is 12.8. The lowest BCUT2D eigenvalue weighted by molar-refractivity contribution is -0.122. The number of amides is 2. The highest BCUT2D eigenvalue weighted by atomic mass is 16.6. The molecular formula is C23H20N2O4. The Morgan fingerprint density at radius 2 is 1.72 bits per heavy atom. The minimum atomic E-state index is -0.401. The number of benzene rings is 3. The van der Waals surface area contributed by atoms with Gasteiger partial charge in [-0.1, -0.05) is 30.3 Å². The lowest BCUT2D eigenvalue weighted by Crippen LogP contribution is -2.28. The van der Waals surface area contributed by atoms with Crippen LogP contribution in [0.1, 0.15) is 6.42 Å². The molecule has 0 radical (unpaired) electrons. The van der Waals surface area contributed by atoms with E-state index in [1.54, 1.807) is 17.0 Å².